The second kappa shape index (κ2) is 7.92. The maximum absolute atomic E-state index is 14.3. The number of anilines is 2. The predicted octanol–water partition coefficient (Wildman–Crippen LogP) is 6.33. The maximum atomic E-state index is 14.3. The average molecular weight is 472 g/mol. The number of alkyl halides is 3. The number of hydrogen-bond acceptors (Lipinski definition) is 4. The van der Waals surface area contributed by atoms with Gasteiger partial charge >= 0.3 is 6.18 Å². The van der Waals surface area contributed by atoms with Gasteiger partial charge in [-0.25, -0.2) is 4.39 Å². The summed E-state index contributed by atoms with van der Waals surface area (Å²) in [6.07, 6.45) is -2.35. The minimum Gasteiger partial charge on any atom is -0.325 e. The molecule has 0 bridgehead atoms. The summed E-state index contributed by atoms with van der Waals surface area (Å²) in [5, 5.41) is 8.93. The van der Waals surface area contributed by atoms with E-state index in [1.165, 1.54) is 26.0 Å². The fourth-order valence-corrected chi connectivity index (χ4v) is 4.69. The van der Waals surface area contributed by atoms with Crippen LogP contribution < -0.4 is 4.90 Å². The molecule has 1 aliphatic rings. The molecule has 0 unspecified atom stereocenters. The van der Waals surface area contributed by atoms with E-state index in [1.807, 2.05) is 30.0 Å². The van der Waals surface area contributed by atoms with E-state index in [2.05, 4.69) is 10.2 Å². The van der Waals surface area contributed by atoms with E-state index in [4.69, 9.17) is 4.98 Å². The Balaban J connectivity index is 1.61. The largest absolute Gasteiger partial charge is 0.393 e. The van der Waals surface area contributed by atoms with E-state index in [1.54, 1.807) is 10.5 Å². The van der Waals surface area contributed by atoms with Gasteiger partial charge in [0.05, 0.1) is 10.9 Å². The molecule has 3 heterocycles. The molecule has 0 saturated carbocycles. The van der Waals surface area contributed by atoms with E-state index in [-0.39, 0.29) is 12.2 Å². The smallest absolute Gasteiger partial charge is 0.325 e. The molecule has 0 aliphatic carbocycles. The fourth-order valence-electron chi connectivity index (χ4n) is 4.69. The maximum Gasteiger partial charge on any atom is 0.393 e. The van der Waals surface area contributed by atoms with Crippen LogP contribution in [0.2, 0.25) is 0 Å². The van der Waals surface area contributed by atoms with Crippen molar-refractivity contribution in [3.05, 3.63) is 59.2 Å². The SMILES string of the molecule is Cc1nnc2nc(N3CCCc4c(CCC(C)(C)C(F)(F)F)cccc43)c3cc(F)ccc3n12. The highest BCUT2D eigenvalue weighted by molar-refractivity contribution is 5.94. The molecule has 1 aliphatic heterocycles. The number of benzene rings is 2. The highest BCUT2D eigenvalue weighted by atomic mass is 19.4. The van der Waals surface area contributed by atoms with Gasteiger partial charge in [0.25, 0.3) is 5.78 Å². The molecule has 34 heavy (non-hydrogen) atoms. The van der Waals surface area contributed by atoms with Crippen molar-refractivity contribution in [2.24, 2.45) is 5.41 Å². The first-order chi connectivity index (χ1) is 16.1. The number of aryl methyl sites for hydroxylation is 2. The monoisotopic (exact) mass is 471 g/mol. The van der Waals surface area contributed by atoms with Gasteiger partial charge in [0.1, 0.15) is 17.5 Å². The van der Waals surface area contributed by atoms with Crippen molar-refractivity contribution < 1.29 is 17.6 Å². The lowest BCUT2D eigenvalue weighted by Gasteiger charge is -2.33. The summed E-state index contributed by atoms with van der Waals surface area (Å²) in [6.45, 7) is 4.96. The molecule has 5 nitrogen and oxygen atoms in total. The highest BCUT2D eigenvalue weighted by Gasteiger charge is 2.46. The Morgan fingerprint density at radius 1 is 1.06 bits per heavy atom. The van der Waals surface area contributed by atoms with Gasteiger partial charge in [-0.1, -0.05) is 26.0 Å². The van der Waals surface area contributed by atoms with Crippen LogP contribution in [0.5, 0.6) is 0 Å². The Kier molecular flexibility index (Phi) is 5.26. The Morgan fingerprint density at radius 2 is 1.85 bits per heavy atom. The van der Waals surface area contributed by atoms with Gasteiger partial charge in [0.15, 0.2) is 0 Å². The molecule has 0 saturated heterocycles. The van der Waals surface area contributed by atoms with Crippen LogP contribution in [0.4, 0.5) is 29.1 Å². The third kappa shape index (κ3) is 3.67. The molecule has 2 aromatic carbocycles. The topological polar surface area (TPSA) is 46.3 Å². The molecule has 0 atom stereocenters. The molecule has 0 N–H and O–H groups in total. The fraction of sp³-hybridized carbons (Fsp3) is 0.400. The Bertz CT molecular complexity index is 1390. The zero-order chi connectivity index (χ0) is 24.3. The van der Waals surface area contributed by atoms with Crippen molar-refractivity contribution in [1.82, 2.24) is 19.6 Å². The van der Waals surface area contributed by atoms with Gasteiger partial charge in [-0.2, -0.15) is 18.2 Å². The van der Waals surface area contributed by atoms with Crippen LogP contribution in [-0.2, 0) is 12.8 Å². The minimum absolute atomic E-state index is 0.00429. The third-order valence-corrected chi connectivity index (χ3v) is 6.84. The first kappa shape index (κ1) is 22.6. The van der Waals surface area contributed by atoms with Crippen LogP contribution in [0.1, 0.15) is 43.6 Å². The quantitative estimate of drug-likeness (QED) is 0.326. The molecule has 178 valence electrons. The van der Waals surface area contributed by atoms with E-state index in [9.17, 15) is 17.6 Å². The molecular weight excluding hydrogens is 446 g/mol. The lowest BCUT2D eigenvalue weighted by molar-refractivity contribution is -0.213. The van der Waals surface area contributed by atoms with Gasteiger partial charge in [0, 0.05) is 17.6 Å². The van der Waals surface area contributed by atoms with Crippen molar-refractivity contribution in [1.29, 1.82) is 0 Å². The number of fused-ring (bicyclic) bond motifs is 4. The van der Waals surface area contributed by atoms with Crippen LogP contribution in [0.25, 0.3) is 16.7 Å². The lowest BCUT2D eigenvalue weighted by Crippen LogP contribution is -2.32. The summed E-state index contributed by atoms with van der Waals surface area (Å²) in [4.78, 5) is 6.77. The molecule has 9 heteroatoms. The van der Waals surface area contributed by atoms with E-state index < -0.39 is 11.6 Å². The number of nitrogens with zero attached hydrogens (tertiary/aromatic N) is 5. The zero-order valence-electron chi connectivity index (χ0n) is 19.2. The molecular formula is C25H25F4N5. The third-order valence-electron chi connectivity index (χ3n) is 6.84. The van der Waals surface area contributed by atoms with Crippen LogP contribution in [0.3, 0.4) is 0 Å². The summed E-state index contributed by atoms with van der Waals surface area (Å²) in [6, 6.07) is 10.3. The second-order valence-corrected chi connectivity index (χ2v) is 9.53. The number of halogens is 4. The van der Waals surface area contributed by atoms with Crippen LogP contribution in [0.15, 0.2) is 36.4 Å². The van der Waals surface area contributed by atoms with Gasteiger partial charge in [-0.3, -0.25) is 4.40 Å². The van der Waals surface area contributed by atoms with Gasteiger partial charge in [-0.15, -0.1) is 10.2 Å². The molecule has 0 radical (unpaired) electrons. The average Bonchev–Trinajstić information content (AvgIpc) is 3.16. The second-order valence-electron chi connectivity index (χ2n) is 9.53. The standard InChI is InChI=1S/C25H25F4N5/c1-15-31-32-23-30-22(19-14-17(26)9-10-21(19)34(15)23)33-13-5-7-18-16(6-4-8-20(18)33)11-12-24(2,3)25(27,28)29/h4,6,8-10,14H,5,7,11-13H2,1-3H3. The molecule has 0 fully saturated rings. The van der Waals surface area contributed by atoms with Crippen LogP contribution in [-0.4, -0.2) is 32.3 Å². The van der Waals surface area contributed by atoms with Gasteiger partial charge in [-0.05, 0) is 68.0 Å². The lowest BCUT2D eigenvalue weighted by atomic mass is 9.83. The van der Waals surface area contributed by atoms with Gasteiger partial charge < -0.3 is 4.90 Å². The van der Waals surface area contributed by atoms with Crippen molar-refractivity contribution in [2.45, 2.75) is 52.6 Å². The Morgan fingerprint density at radius 3 is 2.62 bits per heavy atom. The summed E-state index contributed by atoms with van der Waals surface area (Å²) in [5.74, 6) is 1.27. The zero-order valence-corrected chi connectivity index (χ0v) is 19.2. The molecule has 2 aromatic heterocycles. The summed E-state index contributed by atoms with van der Waals surface area (Å²) in [7, 11) is 0. The summed E-state index contributed by atoms with van der Waals surface area (Å²) >= 11 is 0. The Labute approximate surface area is 194 Å². The normalized spacial score (nSPS) is 14.7. The van der Waals surface area contributed by atoms with Crippen LogP contribution >= 0.6 is 0 Å². The predicted molar refractivity (Wildman–Crippen MR) is 123 cm³/mol. The number of hydrogen-bond donors (Lipinski definition) is 0. The first-order valence-electron chi connectivity index (χ1n) is 11.3. The summed E-state index contributed by atoms with van der Waals surface area (Å²) in [5.41, 5.74) is 1.81. The Hall–Kier alpha value is -3.23. The highest BCUT2D eigenvalue weighted by Crippen LogP contribution is 2.43. The number of rotatable bonds is 4. The molecule has 0 spiro atoms. The summed E-state index contributed by atoms with van der Waals surface area (Å²) < 4.78 is 56.3. The number of aromatic nitrogens is 4. The first-order valence-corrected chi connectivity index (χ1v) is 11.3. The van der Waals surface area contributed by atoms with E-state index in [0.29, 0.717) is 35.8 Å². The van der Waals surface area contributed by atoms with Crippen molar-refractivity contribution in [3.8, 4) is 0 Å². The van der Waals surface area contributed by atoms with E-state index >= 15 is 0 Å². The molecule has 5 rings (SSSR count). The van der Waals surface area contributed by atoms with Crippen molar-refractivity contribution in [3.63, 3.8) is 0 Å². The minimum atomic E-state index is -4.26. The molecule has 0 amide bonds. The van der Waals surface area contributed by atoms with E-state index in [0.717, 1.165) is 35.2 Å². The van der Waals surface area contributed by atoms with Crippen LogP contribution in [0, 0.1) is 18.2 Å². The van der Waals surface area contributed by atoms with Gasteiger partial charge in [0.2, 0.25) is 0 Å². The van der Waals surface area contributed by atoms with Crippen molar-refractivity contribution >= 4 is 28.2 Å². The molecule has 4 aromatic rings. The van der Waals surface area contributed by atoms with Crippen molar-refractivity contribution in [2.75, 3.05) is 11.4 Å².